The van der Waals surface area contributed by atoms with E-state index in [1.165, 1.54) is 32.1 Å². The van der Waals surface area contributed by atoms with Gasteiger partial charge < -0.3 is 9.64 Å². The van der Waals surface area contributed by atoms with Crippen molar-refractivity contribution in [3.05, 3.63) is 0 Å². The van der Waals surface area contributed by atoms with E-state index in [0.717, 1.165) is 26.1 Å². The Kier molecular flexibility index (Phi) is 6.11. The summed E-state index contributed by atoms with van der Waals surface area (Å²) in [4.78, 5) is 16.9. The molecule has 0 unspecified atom stereocenters. The predicted octanol–water partition coefficient (Wildman–Crippen LogP) is 1.89. The molecule has 0 N–H and O–H groups in total. The number of likely N-dealkylation sites (tertiary alicyclic amines) is 1. The molecule has 0 aromatic rings. The SMILES string of the molecule is CC[C@H]1COCCN1C(=O)CN1CCCCCCC1. The third-order valence-corrected chi connectivity index (χ3v) is 4.33. The maximum absolute atomic E-state index is 12.5. The summed E-state index contributed by atoms with van der Waals surface area (Å²) in [5.74, 6) is 0.302. The van der Waals surface area contributed by atoms with E-state index in [0.29, 0.717) is 25.7 Å². The Labute approximate surface area is 117 Å². The highest BCUT2D eigenvalue weighted by atomic mass is 16.5. The maximum atomic E-state index is 12.5. The predicted molar refractivity (Wildman–Crippen MR) is 76.1 cm³/mol. The maximum Gasteiger partial charge on any atom is 0.237 e. The van der Waals surface area contributed by atoms with Gasteiger partial charge in [0.25, 0.3) is 0 Å². The lowest BCUT2D eigenvalue weighted by atomic mass is 10.1. The smallest absolute Gasteiger partial charge is 0.237 e. The highest BCUT2D eigenvalue weighted by Gasteiger charge is 2.26. The Bertz CT molecular complexity index is 275. The zero-order chi connectivity index (χ0) is 13.5. The molecule has 0 radical (unpaired) electrons. The van der Waals surface area contributed by atoms with Crippen LogP contribution < -0.4 is 0 Å². The summed E-state index contributed by atoms with van der Waals surface area (Å²) in [6.07, 6.45) is 7.48. The summed E-state index contributed by atoms with van der Waals surface area (Å²) in [7, 11) is 0. The van der Waals surface area contributed by atoms with E-state index >= 15 is 0 Å². The van der Waals surface area contributed by atoms with Crippen LogP contribution in [0.4, 0.5) is 0 Å². The van der Waals surface area contributed by atoms with E-state index in [1.54, 1.807) is 0 Å². The Morgan fingerprint density at radius 3 is 2.47 bits per heavy atom. The molecule has 4 heteroatoms. The van der Waals surface area contributed by atoms with Gasteiger partial charge in [-0.25, -0.2) is 0 Å². The van der Waals surface area contributed by atoms with Crippen LogP contribution in [0.1, 0.15) is 45.4 Å². The molecule has 4 nitrogen and oxygen atoms in total. The Balaban J connectivity index is 1.83. The zero-order valence-corrected chi connectivity index (χ0v) is 12.3. The van der Waals surface area contributed by atoms with Crippen molar-refractivity contribution < 1.29 is 9.53 Å². The summed E-state index contributed by atoms with van der Waals surface area (Å²) in [6, 6.07) is 0.288. The van der Waals surface area contributed by atoms with Crippen molar-refractivity contribution in [2.24, 2.45) is 0 Å². The first-order valence-corrected chi connectivity index (χ1v) is 7.91. The molecule has 0 aromatic heterocycles. The second-order valence-corrected chi connectivity index (χ2v) is 5.77. The lowest BCUT2D eigenvalue weighted by Crippen LogP contribution is -2.51. The minimum Gasteiger partial charge on any atom is -0.377 e. The topological polar surface area (TPSA) is 32.8 Å². The molecule has 0 saturated carbocycles. The van der Waals surface area contributed by atoms with Crippen LogP contribution in [0.3, 0.4) is 0 Å². The van der Waals surface area contributed by atoms with Gasteiger partial charge >= 0.3 is 0 Å². The summed E-state index contributed by atoms with van der Waals surface area (Å²) in [5, 5.41) is 0. The standard InChI is InChI=1S/C15H28N2O2/c1-2-14-13-19-11-10-17(14)15(18)12-16-8-6-4-3-5-7-9-16/h14H,2-13H2,1H3/t14-/m0/s1. The van der Waals surface area contributed by atoms with Crippen LogP contribution in [0.2, 0.25) is 0 Å². The van der Waals surface area contributed by atoms with E-state index in [4.69, 9.17) is 4.74 Å². The van der Waals surface area contributed by atoms with Crippen LogP contribution >= 0.6 is 0 Å². The van der Waals surface area contributed by atoms with Gasteiger partial charge in [0, 0.05) is 6.54 Å². The average Bonchev–Trinajstić information content (AvgIpc) is 2.41. The van der Waals surface area contributed by atoms with Gasteiger partial charge in [-0.15, -0.1) is 0 Å². The number of rotatable bonds is 3. The number of carbonyl (C=O) groups is 1. The molecule has 1 atom stereocenters. The molecule has 2 fully saturated rings. The fraction of sp³-hybridized carbons (Fsp3) is 0.933. The van der Waals surface area contributed by atoms with E-state index in [2.05, 4.69) is 11.8 Å². The molecule has 0 aliphatic carbocycles. The van der Waals surface area contributed by atoms with Gasteiger partial charge in [0.15, 0.2) is 0 Å². The van der Waals surface area contributed by atoms with Gasteiger partial charge in [-0.2, -0.15) is 0 Å². The highest BCUT2D eigenvalue weighted by Crippen LogP contribution is 2.13. The number of morpholine rings is 1. The molecule has 0 bridgehead atoms. The third kappa shape index (κ3) is 4.46. The van der Waals surface area contributed by atoms with E-state index in [1.807, 2.05) is 4.90 Å². The highest BCUT2D eigenvalue weighted by molar-refractivity contribution is 5.78. The molecule has 2 saturated heterocycles. The van der Waals surface area contributed by atoms with Crippen LogP contribution in [-0.4, -0.2) is 61.1 Å². The first kappa shape index (κ1) is 14.8. The molecule has 2 aliphatic heterocycles. The van der Waals surface area contributed by atoms with Crippen molar-refractivity contribution in [3.63, 3.8) is 0 Å². The molecule has 19 heavy (non-hydrogen) atoms. The lowest BCUT2D eigenvalue weighted by molar-refractivity contribution is -0.141. The van der Waals surface area contributed by atoms with Gasteiger partial charge in [-0.1, -0.05) is 26.2 Å². The summed E-state index contributed by atoms with van der Waals surface area (Å²) in [6.45, 7) is 7.10. The molecular formula is C15H28N2O2. The minimum atomic E-state index is 0.288. The van der Waals surface area contributed by atoms with Crippen molar-refractivity contribution in [2.75, 3.05) is 39.4 Å². The fourth-order valence-electron chi connectivity index (χ4n) is 3.07. The molecule has 0 aromatic carbocycles. The largest absolute Gasteiger partial charge is 0.377 e. The molecule has 2 rings (SSSR count). The number of nitrogens with zero attached hydrogens (tertiary/aromatic N) is 2. The number of hydrogen-bond donors (Lipinski definition) is 0. The number of hydrogen-bond acceptors (Lipinski definition) is 3. The van der Waals surface area contributed by atoms with Crippen LogP contribution in [0.5, 0.6) is 0 Å². The summed E-state index contributed by atoms with van der Waals surface area (Å²) >= 11 is 0. The van der Waals surface area contributed by atoms with Gasteiger partial charge in [0.05, 0.1) is 25.8 Å². The quantitative estimate of drug-likeness (QED) is 0.783. The van der Waals surface area contributed by atoms with E-state index < -0.39 is 0 Å². The molecule has 2 aliphatic rings. The van der Waals surface area contributed by atoms with Gasteiger partial charge in [-0.05, 0) is 32.4 Å². The van der Waals surface area contributed by atoms with Gasteiger partial charge in [0.1, 0.15) is 0 Å². The number of amides is 1. The third-order valence-electron chi connectivity index (χ3n) is 4.33. The number of carbonyl (C=O) groups excluding carboxylic acids is 1. The van der Waals surface area contributed by atoms with Crippen molar-refractivity contribution in [1.82, 2.24) is 9.80 Å². The Hall–Kier alpha value is -0.610. The average molecular weight is 268 g/mol. The Morgan fingerprint density at radius 2 is 1.79 bits per heavy atom. The van der Waals surface area contributed by atoms with Crippen molar-refractivity contribution >= 4 is 5.91 Å². The van der Waals surface area contributed by atoms with E-state index in [-0.39, 0.29) is 6.04 Å². The van der Waals surface area contributed by atoms with Gasteiger partial charge in [-0.3, -0.25) is 9.69 Å². The van der Waals surface area contributed by atoms with Gasteiger partial charge in [0.2, 0.25) is 5.91 Å². The van der Waals surface area contributed by atoms with Crippen LogP contribution in [-0.2, 0) is 9.53 Å². The lowest BCUT2D eigenvalue weighted by Gasteiger charge is -2.36. The van der Waals surface area contributed by atoms with Crippen molar-refractivity contribution in [1.29, 1.82) is 0 Å². The van der Waals surface area contributed by atoms with Crippen molar-refractivity contribution in [3.8, 4) is 0 Å². The molecular weight excluding hydrogens is 240 g/mol. The second kappa shape index (κ2) is 7.85. The normalized spacial score (nSPS) is 26.8. The molecule has 110 valence electrons. The van der Waals surface area contributed by atoms with Crippen LogP contribution in [0.15, 0.2) is 0 Å². The number of ether oxygens (including phenoxy) is 1. The van der Waals surface area contributed by atoms with E-state index in [9.17, 15) is 4.79 Å². The first-order valence-electron chi connectivity index (χ1n) is 7.91. The van der Waals surface area contributed by atoms with Crippen LogP contribution in [0, 0.1) is 0 Å². The summed E-state index contributed by atoms with van der Waals surface area (Å²) < 4.78 is 5.47. The van der Waals surface area contributed by atoms with Crippen LogP contribution in [0.25, 0.3) is 0 Å². The minimum absolute atomic E-state index is 0.288. The zero-order valence-electron chi connectivity index (χ0n) is 12.3. The monoisotopic (exact) mass is 268 g/mol. The summed E-state index contributed by atoms with van der Waals surface area (Å²) in [5.41, 5.74) is 0. The first-order chi connectivity index (χ1) is 9.31. The molecule has 1 amide bonds. The fourth-order valence-corrected chi connectivity index (χ4v) is 3.07. The molecule has 2 heterocycles. The molecule has 0 spiro atoms. The second-order valence-electron chi connectivity index (χ2n) is 5.77. The van der Waals surface area contributed by atoms with Crippen molar-refractivity contribution in [2.45, 2.75) is 51.5 Å². The Morgan fingerprint density at radius 1 is 1.11 bits per heavy atom.